The topological polar surface area (TPSA) is 53.4 Å². The zero-order valence-electron chi connectivity index (χ0n) is 12.0. The van der Waals surface area contributed by atoms with Crippen molar-refractivity contribution >= 4 is 5.97 Å². The fraction of sp³-hybridized carbons (Fsp3) is 0.333. The van der Waals surface area contributed by atoms with Crippen LogP contribution in [0, 0.1) is 5.82 Å². The maximum Gasteiger partial charge on any atom is 0.358 e. The van der Waals surface area contributed by atoms with Gasteiger partial charge in [-0.2, -0.15) is 5.10 Å². The third-order valence-corrected chi connectivity index (χ3v) is 2.80. The molecule has 0 unspecified atom stereocenters. The molecule has 0 spiro atoms. The highest BCUT2D eigenvalue weighted by atomic mass is 19.1. The van der Waals surface area contributed by atoms with E-state index in [0.29, 0.717) is 18.1 Å². The molecule has 0 saturated heterocycles. The number of rotatable bonds is 6. The fourth-order valence-electron chi connectivity index (χ4n) is 1.87. The van der Waals surface area contributed by atoms with Crippen LogP contribution in [0.1, 0.15) is 29.9 Å². The summed E-state index contributed by atoms with van der Waals surface area (Å²) in [4.78, 5) is 11.7. The maximum absolute atomic E-state index is 13.7. The molecule has 0 amide bonds. The molecule has 2 rings (SSSR count). The molecule has 0 bridgehead atoms. The second-order valence-corrected chi connectivity index (χ2v) is 4.27. The average molecular weight is 292 g/mol. The minimum absolute atomic E-state index is 0.150. The van der Waals surface area contributed by atoms with Crippen LogP contribution in [0.5, 0.6) is 5.88 Å². The van der Waals surface area contributed by atoms with Crippen molar-refractivity contribution in [2.45, 2.75) is 20.4 Å². The predicted molar refractivity (Wildman–Crippen MR) is 74.9 cm³/mol. The van der Waals surface area contributed by atoms with Gasteiger partial charge in [0.15, 0.2) is 5.69 Å². The minimum atomic E-state index is -0.522. The number of halogens is 1. The lowest BCUT2D eigenvalue weighted by Gasteiger charge is -2.08. The van der Waals surface area contributed by atoms with Crippen LogP contribution in [0.4, 0.5) is 4.39 Å². The molecule has 6 heteroatoms. The summed E-state index contributed by atoms with van der Waals surface area (Å²) < 4.78 is 25.5. The Kier molecular flexibility index (Phi) is 4.92. The lowest BCUT2D eigenvalue weighted by Crippen LogP contribution is -2.09. The lowest BCUT2D eigenvalue weighted by molar-refractivity contribution is 0.0518. The van der Waals surface area contributed by atoms with Gasteiger partial charge in [0.05, 0.1) is 19.8 Å². The number of ether oxygens (including phenoxy) is 2. The van der Waals surface area contributed by atoms with E-state index in [2.05, 4.69) is 5.10 Å². The van der Waals surface area contributed by atoms with Crippen LogP contribution >= 0.6 is 0 Å². The summed E-state index contributed by atoms with van der Waals surface area (Å²) in [5, 5.41) is 4.13. The van der Waals surface area contributed by atoms with Crippen LogP contribution in [-0.4, -0.2) is 29.0 Å². The van der Waals surface area contributed by atoms with Crippen molar-refractivity contribution in [2.24, 2.45) is 0 Å². The molecule has 0 fully saturated rings. The van der Waals surface area contributed by atoms with E-state index in [9.17, 15) is 9.18 Å². The van der Waals surface area contributed by atoms with Gasteiger partial charge >= 0.3 is 5.97 Å². The Labute approximate surface area is 122 Å². The van der Waals surface area contributed by atoms with Gasteiger partial charge in [0, 0.05) is 11.6 Å². The summed E-state index contributed by atoms with van der Waals surface area (Å²) in [6.45, 7) is 4.41. The van der Waals surface area contributed by atoms with Crippen molar-refractivity contribution in [2.75, 3.05) is 13.2 Å². The molecule has 1 aromatic heterocycles. The maximum atomic E-state index is 13.7. The van der Waals surface area contributed by atoms with E-state index in [1.54, 1.807) is 25.1 Å². The summed E-state index contributed by atoms with van der Waals surface area (Å²) in [5.74, 6) is -0.442. The Bertz CT molecular complexity index is 625. The van der Waals surface area contributed by atoms with Crippen LogP contribution in [0.25, 0.3) is 0 Å². The van der Waals surface area contributed by atoms with Crippen molar-refractivity contribution in [1.29, 1.82) is 0 Å². The first-order valence-corrected chi connectivity index (χ1v) is 6.76. The van der Waals surface area contributed by atoms with Crippen LogP contribution in [0.2, 0.25) is 0 Å². The molecule has 5 nitrogen and oxygen atoms in total. The van der Waals surface area contributed by atoms with E-state index in [-0.39, 0.29) is 24.7 Å². The molecular weight excluding hydrogens is 275 g/mol. The van der Waals surface area contributed by atoms with Crippen molar-refractivity contribution < 1.29 is 18.7 Å². The Balaban J connectivity index is 2.29. The van der Waals surface area contributed by atoms with Crippen LogP contribution in [-0.2, 0) is 11.3 Å². The Morgan fingerprint density at radius 3 is 2.71 bits per heavy atom. The lowest BCUT2D eigenvalue weighted by atomic mass is 10.2. The standard InChI is InChI=1S/C15H17FN2O3/c1-3-20-14-9-13(15(19)21-4-2)17-18(14)10-11-7-5-6-8-12(11)16/h5-9H,3-4,10H2,1-2H3. The summed E-state index contributed by atoms with van der Waals surface area (Å²) in [5.41, 5.74) is 0.619. The van der Waals surface area contributed by atoms with Crippen molar-refractivity contribution in [3.8, 4) is 5.88 Å². The molecule has 112 valence electrons. The van der Waals surface area contributed by atoms with Gasteiger partial charge in [-0.05, 0) is 19.9 Å². The molecule has 1 aromatic carbocycles. The van der Waals surface area contributed by atoms with E-state index in [1.807, 2.05) is 6.92 Å². The largest absolute Gasteiger partial charge is 0.478 e. The molecule has 1 heterocycles. The second-order valence-electron chi connectivity index (χ2n) is 4.27. The third kappa shape index (κ3) is 3.59. The first-order chi connectivity index (χ1) is 10.2. The predicted octanol–water partition coefficient (Wildman–Crippen LogP) is 2.65. The van der Waals surface area contributed by atoms with E-state index in [4.69, 9.17) is 9.47 Å². The van der Waals surface area contributed by atoms with Crippen LogP contribution in [0.3, 0.4) is 0 Å². The minimum Gasteiger partial charge on any atom is -0.478 e. The molecule has 0 aliphatic heterocycles. The van der Waals surface area contributed by atoms with E-state index >= 15 is 0 Å². The number of carbonyl (C=O) groups excluding carboxylic acids is 1. The summed E-state index contributed by atoms with van der Waals surface area (Å²) in [6.07, 6.45) is 0. The quantitative estimate of drug-likeness (QED) is 0.768. The summed E-state index contributed by atoms with van der Waals surface area (Å²) in [6, 6.07) is 7.91. The highest BCUT2D eigenvalue weighted by molar-refractivity contribution is 5.87. The highest BCUT2D eigenvalue weighted by Gasteiger charge is 2.17. The van der Waals surface area contributed by atoms with Gasteiger partial charge in [0.2, 0.25) is 5.88 Å². The third-order valence-electron chi connectivity index (χ3n) is 2.80. The number of nitrogens with zero attached hydrogens (tertiary/aromatic N) is 2. The molecule has 0 atom stereocenters. The SMILES string of the molecule is CCOC(=O)c1cc(OCC)n(Cc2ccccc2F)n1. The molecule has 0 aliphatic carbocycles. The van der Waals surface area contributed by atoms with Gasteiger partial charge in [0.25, 0.3) is 0 Å². The number of aromatic nitrogens is 2. The second kappa shape index (κ2) is 6.88. The van der Waals surface area contributed by atoms with E-state index in [1.165, 1.54) is 16.8 Å². The normalized spacial score (nSPS) is 10.4. The Hall–Kier alpha value is -2.37. The van der Waals surface area contributed by atoms with Gasteiger partial charge in [0.1, 0.15) is 5.82 Å². The zero-order valence-corrected chi connectivity index (χ0v) is 12.0. The Morgan fingerprint density at radius 1 is 1.29 bits per heavy atom. The molecular formula is C15H17FN2O3. The monoisotopic (exact) mass is 292 g/mol. The number of esters is 1. The summed E-state index contributed by atoms with van der Waals surface area (Å²) in [7, 11) is 0. The van der Waals surface area contributed by atoms with Gasteiger partial charge in [-0.3, -0.25) is 0 Å². The summed E-state index contributed by atoms with van der Waals surface area (Å²) >= 11 is 0. The molecule has 0 saturated carbocycles. The molecule has 0 N–H and O–H groups in total. The number of hydrogen-bond acceptors (Lipinski definition) is 4. The first-order valence-electron chi connectivity index (χ1n) is 6.76. The first kappa shape index (κ1) is 15.0. The highest BCUT2D eigenvalue weighted by Crippen LogP contribution is 2.18. The van der Waals surface area contributed by atoms with Gasteiger partial charge < -0.3 is 9.47 Å². The smallest absolute Gasteiger partial charge is 0.358 e. The van der Waals surface area contributed by atoms with Gasteiger partial charge in [-0.25, -0.2) is 13.9 Å². The molecule has 21 heavy (non-hydrogen) atoms. The van der Waals surface area contributed by atoms with Crippen molar-refractivity contribution in [3.63, 3.8) is 0 Å². The molecule has 0 aliphatic rings. The van der Waals surface area contributed by atoms with Crippen LogP contribution in [0.15, 0.2) is 30.3 Å². The fourth-order valence-corrected chi connectivity index (χ4v) is 1.87. The van der Waals surface area contributed by atoms with Crippen molar-refractivity contribution in [1.82, 2.24) is 9.78 Å². The number of hydrogen-bond donors (Lipinski definition) is 0. The van der Waals surface area contributed by atoms with Crippen LogP contribution < -0.4 is 4.74 Å². The van der Waals surface area contributed by atoms with Crippen molar-refractivity contribution in [3.05, 3.63) is 47.4 Å². The van der Waals surface area contributed by atoms with E-state index in [0.717, 1.165) is 0 Å². The average Bonchev–Trinajstić information content (AvgIpc) is 2.85. The molecule has 2 aromatic rings. The van der Waals surface area contributed by atoms with E-state index < -0.39 is 5.97 Å². The zero-order chi connectivity index (χ0) is 15.2. The van der Waals surface area contributed by atoms with Gasteiger partial charge in [-0.15, -0.1) is 0 Å². The Morgan fingerprint density at radius 2 is 2.05 bits per heavy atom. The molecule has 0 radical (unpaired) electrons. The van der Waals surface area contributed by atoms with Gasteiger partial charge in [-0.1, -0.05) is 18.2 Å². The number of benzene rings is 1. The number of carbonyl (C=O) groups is 1.